The van der Waals surface area contributed by atoms with Crippen LogP contribution < -0.4 is 10.5 Å². The minimum absolute atomic E-state index is 0.0385. The third-order valence-electron chi connectivity index (χ3n) is 5.70. The number of hydrogen-bond acceptors (Lipinski definition) is 5. The molecular formula is C20H24N6O. The normalized spacial score (nSPS) is 17.6. The first kappa shape index (κ1) is 16.5. The van der Waals surface area contributed by atoms with E-state index in [0.717, 1.165) is 80.2 Å². The standard InChI is InChI=1S/C20H24N6O/c27-19-14-15-4-3-7-16(15)23-26(19)13-10-24-8-11-25(12-9-24)20-21-17-5-1-2-6-18(17)22-20/h1-2,5-6,14H,3-4,7-13H2,(H,21,22). The minimum Gasteiger partial charge on any atom is -0.340 e. The van der Waals surface area contributed by atoms with Crippen LogP contribution in [0.2, 0.25) is 0 Å². The van der Waals surface area contributed by atoms with Gasteiger partial charge in [0.05, 0.1) is 23.3 Å². The van der Waals surface area contributed by atoms with Crippen LogP contribution in [0.1, 0.15) is 17.7 Å². The van der Waals surface area contributed by atoms with Crippen molar-refractivity contribution in [1.29, 1.82) is 0 Å². The summed E-state index contributed by atoms with van der Waals surface area (Å²) in [4.78, 5) is 25.0. The van der Waals surface area contributed by atoms with E-state index in [-0.39, 0.29) is 5.56 Å². The van der Waals surface area contributed by atoms with Gasteiger partial charge in [0.25, 0.3) is 5.56 Å². The van der Waals surface area contributed by atoms with Crippen molar-refractivity contribution in [1.82, 2.24) is 24.6 Å². The van der Waals surface area contributed by atoms with Gasteiger partial charge in [-0.05, 0) is 37.0 Å². The maximum Gasteiger partial charge on any atom is 0.267 e. The van der Waals surface area contributed by atoms with E-state index in [9.17, 15) is 4.79 Å². The average molecular weight is 364 g/mol. The highest BCUT2D eigenvalue weighted by molar-refractivity contribution is 5.77. The fourth-order valence-electron chi connectivity index (χ4n) is 4.11. The predicted molar refractivity (Wildman–Crippen MR) is 105 cm³/mol. The summed E-state index contributed by atoms with van der Waals surface area (Å²) in [6.45, 7) is 5.34. The van der Waals surface area contributed by atoms with Crippen molar-refractivity contribution in [2.24, 2.45) is 0 Å². The second kappa shape index (κ2) is 6.81. The highest BCUT2D eigenvalue weighted by Crippen LogP contribution is 2.19. The number of nitrogens with one attached hydrogen (secondary N) is 1. The molecule has 2 aliphatic rings. The Bertz CT molecular complexity index is 982. The summed E-state index contributed by atoms with van der Waals surface area (Å²) in [5.41, 5.74) is 4.39. The quantitative estimate of drug-likeness (QED) is 0.758. The molecule has 1 fully saturated rings. The molecule has 140 valence electrons. The Morgan fingerprint density at radius 2 is 1.89 bits per heavy atom. The van der Waals surface area contributed by atoms with Crippen LogP contribution in [0.3, 0.4) is 0 Å². The molecule has 0 bridgehead atoms. The zero-order chi connectivity index (χ0) is 18.2. The van der Waals surface area contributed by atoms with Crippen molar-refractivity contribution in [3.8, 4) is 0 Å². The molecule has 3 heterocycles. The number of anilines is 1. The second-order valence-electron chi connectivity index (χ2n) is 7.44. The van der Waals surface area contributed by atoms with Gasteiger partial charge in [0.2, 0.25) is 5.95 Å². The van der Waals surface area contributed by atoms with Gasteiger partial charge in [0.15, 0.2) is 0 Å². The van der Waals surface area contributed by atoms with E-state index >= 15 is 0 Å². The topological polar surface area (TPSA) is 70.1 Å². The van der Waals surface area contributed by atoms with E-state index in [2.05, 4.69) is 25.9 Å². The van der Waals surface area contributed by atoms with Gasteiger partial charge in [-0.15, -0.1) is 0 Å². The third-order valence-corrected chi connectivity index (χ3v) is 5.70. The fourth-order valence-corrected chi connectivity index (χ4v) is 4.11. The molecule has 7 nitrogen and oxygen atoms in total. The van der Waals surface area contributed by atoms with Gasteiger partial charge >= 0.3 is 0 Å². The number of aromatic amines is 1. The maximum atomic E-state index is 12.2. The van der Waals surface area contributed by atoms with Crippen molar-refractivity contribution in [3.05, 3.63) is 51.9 Å². The van der Waals surface area contributed by atoms with Crippen LogP contribution in [-0.2, 0) is 19.4 Å². The molecule has 1 saturated heterocycles. The average Bonchev–Trinajstić information content (AvgIpc) is 3.32. The van der Waals surface area contributed by atoms with Gasteiger partial charge in [-0.1, -0.05) is 12.1 Å². The van der Waals surface area contributed by atoms with Crippen molar-refractivity contribution in [2.75, 3.05) is 37.6 Å². The monoisotopic (exact) mass is 364 g/mol. The minimum atomic E-state index is 0.0385. The van der Waals surface area contributed by atoms with E-state index in [1.54, 1.807) is 10.7 Å². The summed E-state index contributed by atoms with van der Waals surface area (Å²) in [7, 11) is 0. The number of imidazole rings is 1. The van der Waals surface area contributed by atoms with Crippen LogP contribution in [0.25, 0.3) is 11.0 Å². The number of aromatic nitrogens is 4. The number of benzene rings is 1. The number of H-pyrrole nitrogens is 1. The molecule has 2 aromatic heterocycles. The number of para-hydroxylation sites is 2. The van der Waals surface area contributed by atoms with Gasteiger partial charge in [0, 0.05) is 38.8 Å². The Morgan fingerprint density at radius 3 is 2.74 bits per heavy atom. The lowest BCUT2D eigenvalue weighted by atomic mass is 10.2. The number of aryl methyl sites for hydroxylation is 2. The van der Waals surface area contributed by atoms with Gasteiger partial charge in [-0.25, -0.2) is 9.67 Å². The number of nitrogens with zero attached hydrogens (tertiary/aromatic N) is 5. The van der Waals surface area contributed by atoms with Gasteiger partial charge in [-0.3, -0.25) is 9.69 Å². The van der Waals surface area contributed by atoms with E-state index in [0.29, 0.717) is 6.54 Å². The van der Waals surface area contributed by atoms with Crippen molar-refractivity contribution < 1.29 is 0 Å². The summed E-state index contributed by atoms with van der Waals surface area (Å²) >= 11 is 0. The summed E-state index contributed by atoms with van der Waals surface area (Å²) < 4.78 is 1.65. The Hall–Kier alpha value is -2.67. The zero-order valence-electron chi connectivity index (χ0n) is 15.4. The van der Waals surface area contributed by atoms with Crippen LogP contribution in [-0.4, -0.2) is 57.4 Å². The summed E-state index contributed by atoms with van der Waals surface area (Å²) in [5, 5.41) is 4.58. The molecule has 0 unspecified atom stereocenters. The lowest BCUT2D eigenvalue weighted by Crippen LogP contribution is -2.48. The summed E-state index contributed by atoms with van der Waals surface area (Å²) in [6.07, 6.45) is 3.13. The van der Waals surface area contributed by atoms with Crippen LogP contribution in [0.15, 0.2) is 35.1 Å². The lowest BCUT2D eigenvalue weighted by molar-refractivity contribution is 0.241. The number of rotatable bonds is 4. The van der Waals surface area contributed by atoms with E-state index < -0.39 is 0 Å². The number of hydrogen-bond donors (Lipinski definition) is 1. The number of fused-ring (bicyclic) bond motifs is 2. The molecule has 1 aromatic carbocycles. The molecule has 3 aromatic rings. The Balaban J connectivity index is 1.19. The largest absolute Gasteiger partial charge is 0.340 e. The van der Waals surface area contributed by atoms with Gasteiger partial charge in [-0.2, -0.15) is 5.10 Å². The van der Waals surface area contributed by atoms with Crippen LogP contribution in [0.4, 0.5) is 5.95 Å². The molecule has 1 aliphatic heterocycles. The Morgan fingerprint density at radius 1 is 1.04 bits per heavy atom. The van der Waals surface area contributed by atoms with Crippen LogP contribution in [0, 0.1) is 0 Å². The Kier molecular flexibility index (Phi) is 4.16. The molecule has 0 atom stereocenters. The third kappa shape index (κ3) is 3.23. The highest BCUT2D eigenvalue weighted by atomic mass is 16.1. The molecule has 1 aliphatic carbocycles. The SMILES string of the molecule is O=c1cc2c(nn1CCN1CCN(c3nc4ccccc4[nH]3)CC1)CCC2. The first-order chi connectivity index (χ1) is 13.3. The smallest absolute Gasteiger partial charge is 0.267 e. The molecule has 0 saturated carbocycles. The van der Waals surface area contributed by atoms with Crippen molar-refractivity contribution in [2.45, 2.75) is 25.8 Å². The molecule has 27 heavy (non-hydrogen) atoms. The Labute approximate surface area is 157 Å². The first-order valence-electron chi connectivity index (χ1n) is 9.78. The zero-order valence-corrected chi connectivity index (χ0v) is 15.4. The van der Waals surface area contributed by atoms with Crippen molar-refractivity contribution in [3.63, 3.8) is 0 Å². The van der Waals surface area contributed by atoms with Crippen molar-refractivity contribution >= 4 is 17.0 Å². The predicted octanol–water partition coefficient (Wildman–Crippen LogP) is 1.43. The maximum absolute atomic E-state index is 12.2. The molecule has 5 rings (SSSR count). The number of piperazine rings is 1. The molecular weight excluding hydrogens is 340 g/mol. The lowest BCUT2D eigenvalue weighted by Gasteiger charge is -2.34. The fraction of sp³-hybridized carbons (Fsp3) is 0.450. The first-order valence-corrected chi connectivity index (χ1v) is 9.78. The van der Waals surface area contributed by atoms with E-state index in [4.69, 9.17) is 4.98 Å². The van der Waals surface area contributed by atoms with E-state index in [1.807, 2.05) is 18.2 Å². The van der Waals surface area contributed by atoms with Crippen LogP contribution >= 0.6 is 0 Å². The summed E-state index contributed by atoms with van der Waals surface area (Å²) in [5.74, 6) is 0.951. The molecule has 7 heteroatoms. The molecule has 0 amide bonds. The van der Waals surface area contributed by atoms with Gasteiger partial charge < -0.3 is 9.88 Å². The molecule has 1 N–H and O–H groups in total. The van der Waals surface area contributed by atoms with Gasteiger partial charge in [0.1, 0.15) is 0 Å². The second-order valence-corrected chi connectivity index (χ2v) is 7.44. The van der Waals surface area contributed by atoms with Crippen LogP contribution in [0.5, 0.6) is 0 Å². The molecule has 0 spiro atoms. The summed E-state index contributed by atoms with van der Waals surface area (Å²) in [6, 6.07) is 9.92. The molecule has 0 radical (unpaired) electrons. The van der Waals surface area contributed by atoms with E-state index in [1.165, 1.54) is 0 Å². The highest BCUT2D eigenvalue weighted by Gasteiger charge is 2.20.